The van der Waals surface area contributed by atoms with Gasteiger partial charge in [-0.25, -0.2) is 0 Å². The van der Waals surface area contributed by atoms with Crippen LogP contribution in [0.25, 0.3) is 0 Å². The monoisotopic (exact) mass is 329 g/mol. The van der Waals surface area contributed by atoms with Crippen LogP contribution in [0.5, 0.6) is 5.75 Å². The first kappa shape index (κ1) is 17.3. The maximum atomic E-state index is 12.3. The van der Waals surface area contributed by atoms with Crippen molar-refractivity contribution in [3.63, 3.8) is 0 Å². The zero-order valence-corrected chi connectivity index (χ0v) is 13.6. The number of amides is 1. The minimum Gasteiger partial charge on any atom is -0.492 e. The third-order valence-corrected chi connectivity index (χ3v) is 3.51. The average molecular weight is 329 g/mol. The lowest BCUT2D eigenvalue weighted by Gasteiger charge is -2.17. The molecular weight excluding hydrogens is 310 g/mol. The van der Waals surface area contributed by atoms with E-state index in [1.54, 1.807) is 7.05 Å². The van der Waals surface area contributed by atoms with Crippen molar-refractivity contribution in [1.29, 1.82) is 0 Å². The number of nitrogens with two attached hydrogens (primary N) is 1. The molecule has 24 heavy (non-hydrogen) atoms. The van der Waals surface area contributed by atoms with Gasteiger partial charge in [-0.2, -0.15) is 0 Å². The Labute approximate surface area is 139 Å². The highest BCUT2D eigenvalue weighted by Crippen LogP contribution is 2.23. The highest BCUT2D eigenvalue weighted by Gasteiger charge is 2.18. The number of hydrogen-bond acceptors (Lipinski definition) is 5. The molecule has 0 unspecified atom stereocenters. The molecule has 0 aliphatic carbocycles. The summed E-state index contributed by atoms with van der Waals surface area (Å²) in [5, 5.41) is 10.9. The number of nitro benzene ring substituents is 1. The predicted octanol–water partition coefficient (Wildman–Crippen LogP) is 2.64. The van der Waals surface area contributed by atoms with Gasteiger partial charge in [0.15, 0.2) is 0 Å². The molecule has 7 nitrogen and oxygen atoms in total. The first-order valence-corrected chi connectivity index (χ1v) is 7.37. The van der Waals surface area contributed by atoms with Crippen LogP contribution in [0.3, 0.4) is 0 Å². The second-order valence-electron chi connectivity index (χ2n) is 5.42. The number of carbonyl (C=O) groups is 1. The Kier molecular flexibility index (Phi) is 5.36. The molecule has 2 aromatic carbocycles. The van der Waals surface area contributed by atoms with E-state index in [0.717, 1.165) is 11.3 Å². The van der Waals surface area contributed by atoms with Crippen LogP contribution < -0.4 is 10.5 Å². The van der Waals surface area contributed by atoms with Gasteiger partial charge in [-0.3, -0.25) is 14.9 Å². The van der Waals surface area contributed by atoms with Gasteiger partial charge in [0.2, 0.25) is 0 Å². The van der Waals surface area contributed by atoms with Crippen molar-refractivity contribution in [2.75, 3.05) is 25.9 Å². The Morgan fingerprint density at radius 2 is 2.04 bits per heavy atom. The molecule has 0 aliphatic rings. The quantitative estimate of drug-likeness (QED) is 0.499. The summed E-state index contributed by atoms with van der Waals surface area (Å²) in [7, 11) is 1.62. The van der Waals surface area contributed by atoms with E-state index in [1.807, 2.05) is 31.2 Å². The Hall–Kier alpha value is -3.09. The number of nitrogen functional groups attached to an aromatic ring is 1. The van der Waals surface area contributed by atoms with E-state index in [2.05, 4.69) is 0 Å². The van der Waals surface area contributed by atoms with Gasteiger partial charge in [-0.05, 0) is 36.8 Å². The molecule has 126 valence electrons. The molecule has 1 amide bonds. The van der Waals surface area contributed by atoms with Crippen LogP contribution in [0.1, 0.15) is 15.9 Å². The number of aryl methyl sites for hydroxylation is 1. The minimum atomic E-state index is -0.604. The lowest BCUT2D eigenvalue weighted by molar-refractivity contribution is -0.383. The largest absolute Gasteiger partial charge is 0.492 e. The third kappa shape index (κ3) is 4.22. The molecule has 0 heterocycles. The van der Waals surface area contributed by atoms with Crippen molar-refractivity contribution in [2.24, 2.45) is 0 Å². The van der Waals surface area contributed by atoms with Crippen LogP contribution in [0, 0.1) is 17.0 Å². The smallest absolute Gasteiger partial charge is 0.292 e. The number of nitro groups is 1. The molecule has 0 spiro atoms. The van der Waals surface area contributed by atoms with Crippen LogP contribution in [0.2, 0.25) is 0 Å². The molecule has 2 aromatic rings. The number of hydrogen-bond donors (Lipinski definition) is 1. The van der Waals surface area contributed by atoms with E-state index in [9.17, 15) is 14.9 Å². The molecule has 2 rings (SSSR count). The van der Waals surface area contributed by atoms with Gasteiger partial charge in [-0.15, -0.1) is 0 Å². The zero-order valence-electron chi connectivity index (χ0n) is 13.6. The van der Waals surface area contributed by atoms with Crippen molar-refractivity contribution in [1.82, 2.24) is 4.90 Å². The Balaban J connectivity index is 1.97. The first-order chi connectivity index (χ1) is 11.4. The molecule has 0 radical (unpaired) electrons. The average Bonchev–Trinajstić information content (AvgIpc) is 2.54. The summed E-state index contributed by atoms with van der Waals surface area (Å²) in [6.45, 7) is 2.64. The summed E-state index contributed by atoms with van der Waals surface area (Å²) in [5.41, 5.74) is 6.60. The van der Waals surface area contributed by atoms with Gasteiger partial charge in [0, 0.05) is 18.7 Å². The van der Waals surface area contributed by atoms with Crippen LogP contribution >= 0.6 is 0 Å². The van der Waals surface area contributed by atoms with Crippen molar-refractivity contribution < 1.29 is 14.5 Å². The van der Waals surface area contributed by atoms with Gasteiger partial charge in [0.05, 0.1) is 11.5 Å². The topological polar surface area (TPSA) is 98.7 Å². The lowest BCUT2D eigenvalue weighted by atomic mass is 10.1. The van der Waals surface area contributed by atoms with Crippen LogP contribution in [-0.2, 0) is 0 Å². The predicted molar refractivity (Wildman–Crippen MR) is 91.1 cm³/mol. The second-order valence-corrected chi connectivity index (χ2v) is 5.42. The fourth-order valence-corrected chi connectivity index (χ4v) is 2.16. The molecule has 7 heteroatoms. The Morgan fingerprint density at radius 3 is 2.71 bits per heavy atom. The minimum absolute atomic E-state index is 0.0296. The summed E-state index contributed by atoms with van der Waals surface area (Å²) >= 11 is 0. The first-order valence-electron chi connectivity index (χ1n) is 7.37. The van der Waals surface area contributed by atoms with E-state index < -0.39 is 4.92 Å². The zero-order chi connectivity index (χ0) is 17.7. The highest BCUT2D eigenvalue weighted by atomic mass is 16.6. The van der Waals surface area contributed by atoms with E-state index in [0.29, 0.717) is 13.2 Å². The fourth-order valence-electron chi connectivity index (χ4n) is 2.16. The molecule has 0 saturated carbocycles. The molecule has 0 saturated heterocycles. The molecule has 2 N–H and O–H groups in total. The molecule has 0 bridgehead atoms. The molecule has 0 aliphatic heterocycles. The Morgan fingerprint density at radius 1 is 1.29 bits per heavy atom. The number of likely N-dealkylation sites (N-methyl/N-ethyl adjacent to an activating group) is 1. The number of nitrogens with zero attached hydrogens (tertiary/aromatic N) is 2. The normalized spacial score (nSPS) is 10.2. The molecule has 0 atom stereocenters. The molecule has 0 aromatic heterocycles. The van der Waals surface area contributed by atoms with Crippen molar-refractivity contribution >= 4 is 17.3 Å². The number of anilines is 1. The highest BCUT2D eigenvalue weighted by molar-refractivity contribution is 5.95. The van der Waals surface area contributed by atoms with Gasteiger partial charge in [-0.1, -0.05) is 12.1 Å². The van der Waals surface area contributed by atoms with E-state index >= 15 is 0 Å². The second kappa shape index (κ2) is 7.45. The van der Waals surface area contributed by atoms with Gasteiger partial charge >= 0.3 is 0 Å². The summed E-state index contributed by atoms with van der Waals surface area (Å²) in [4.78, 5) is 24.1. The van der Waals surface area contributed by atoms with Crippen LogP contribution in [0.4, 0.5) is 11.4 Å². The van der Waals surface area contributed by atoms with Crippen LogP contribution in [-0.4, -0.2) is 35.9 Å². The summed E-state index contributed by atoms with van der Waals surface area (Å²) in [5.74, 6) is 0.407. The number of rotatable bonds is 6. The third-order valence-electron chi connectivity index (χ3n) is 3.51. The summed E-state index contributed by atoms with van der Waals surface area (Å²) in [6.07, 6.45) is 0. The van der Waals surface area contributed by atoms with Gasteiger partial charge in [0.1, 0.15) is 18.0 Å². The maximum Gasteiger partial charge on any atom is 0.292 e. The van der Waals surface area contributed by atoms with E-state index in [1.165, 1.54) is 23.1 Å². The number of carbonyl (C=O) groups excluding carboxylic acids is 1. The van der Waals surface area contributed by atoms with E-state index in [-0.39, 0.29) is 22.8 Å². The standard InChI is InChI=1S/C17H19N3O4/c1-12-4-3-5-14(10-12)24-9-8-19(2)17(21)13-6-7-15(18)16(11-13)20(22)23/h3-7,10-11H,8-9,18H2,1-2H3. The lowest BCUT2D eigenvalue weighted by Crippen LogP contribution is -2.30. The van der Waals surface area contributed by atoms with Crippen molar-refractivity contribution in [3.05, 3.63) is 63.7 Å². The van der Waals surface area contributed by atoms with E-state index in [4.69, 9.17) is 10.5 Å². The number of benzene rings is 2. The Bertz CT molecular complexity index is 761. The fraction of sp³-hybridized carbons (Fsp3) is 0.235. The molecule has 0 fully saturated rings. The number of ether oxygens (including phenoxy) is 1. The van der Waals surface area contributed by atoms with Crippen LogP contribution in [0.15, 0.2) is 42.5 Å². The van der Waals surface area contributed by atoms with Gasteiger partial charge < -0.3 is 15.4 Å². The summed E-state index contributed by atoms with van der Waals surface area (Å²) < 4.78 is 5.60. The van der Waals surface area contributed by atoms with Crippen molar-refractivity contribution in [3.8, 4) is 5.75 Å². The maximum absolute atomic E-state index is 12.3. The summed E-state index contributed by atoms with van der Waals surface area (Å²) in [6, 6.07) is 11.6. The SMILES string of the molecule is Cc1cccc(OCCN(C)C(=O)c2ccc(N)c([N+](=O)[O-])c2)c1. The molecular formula is C17H19N3O4. The van der Waals surface area contributed by atoms with Gasteiger partial charge in [0.25, 0.3) is 11.6 Å². The van der Waals surface area contributed by atoms with Crippen molar-refractivity contribution in [2.45, 2.75) is 6.92 Å².